The highest BCUT2D eigenvalue weighted by molar-refractivity contribution is 5.51. The molecule has 0 amide bonds. The van der Waals surface area contributed by atoms with Crippen LogP contribution < -0.4 is 10.5 Å². The molecule has 0 saturated heterocycles. The number of hydrogen-bond donors (Lipinski definition) is 1. The molecule has 0 fully saturated rings. The molecular formula is C15H15FN2O3. The van der Waals surface area contributed by atoms with Gasteiger partial charge in [0.2, 0.25) is 5.75 Å². The first-order chi connectivity index (χ1) is 9.90. The summed E-state index contributed by atoms with van der Waals surface area (Å²) in [5, 5.41) is 11.0. The zero-order valence-corrected chi connectivity index (χ0v) is 11.7. The number of aryl methyl sites for hydroxylation is 1. The number of ether oxygens (including phenoxy) is 1. The second-order valence-corrected chi connectivity index (χ2v) is 4.78. The average Bonchev–Trinajstić information content (AvgIpc) is 2.40. The van der Waals surface area contributed by atoms with E-state index in [2.05, 4.69) is 0 Å². The molecule has 0 heterocycles. The fourth-order valence-corrected chi connectivity index (χ4v) is 1.96. The summed E-state index contributed by atoms with van der Waals surface area (Å²) in [6.07, 6.45) is 0. The van der Waals surface area contributed by atoms with E-state index >= 15 is 0 Å². The lowest BCUT2D eigenvalue weighted by molar-refractivity contribution is -0.385. The first-order valence-electron chi connectivity index (χ1n) is 6.37. The molecule has 110 valence electrons. The third-order valence-corrected chi connectivity index (χ3v) is 3.01. The summed E-state index contributed by atoms with van der Waals surface area (Å²) in [6.45, 7) is 3.46. The third-order valence-electron chi connectivity index (χ3n) is 3.01. The van der Waals surface area contributed by atoms with Crippen molar-refractivity contribution in [3.05, 3.63) is 63.5 Å². The van der Waals surface area contributed by atoms with Gasteiger partial charge in [-0.05, 0) is 31.5 Å². The Bertz CT molecular complexity index is 687. The zero-order valence-electron chi connectivity index (χ0n) is 11.7. The van der Waals surface area contributed by atoms with Gasteiger partial charge < -0.3 is 10.5 Å². The normalized spacial score (nSPS) is 12.0. The highest BCUT2D eigenvalue weighted by Crippen LogP contribution is 2.36. The molecule has 2 aromatic carbocycles. The van der Waals surface area contributed by atoms with E-state index in [9.17, 15) is 14.5 Å². The highest BCUT2D eigenvalue weighted by Gasteiger charge is 2.20. The van der Waals surface area contributed by atoms with Crippen molar-refractivity contribution < 1.29 is 14.1 Å². The summed E-state index contributed by atoms with van der Waals surface area (Å²) in [7, 11) is 0. The molecule has 5 nitrogen and oxygen atoms in total. The van der Waals surface area contributed by atoms with Crippen molar-refractivity contribution in [1.29, 1.82) is 0 Å². The largest absolute Gasteiger partial charge is 0.447 e. The average molecular weight is 290 g/mol. The number of nitro groups is 1. The van der Waals surface area contributed by atoms with Gasteiger partial charge in [0.25, 0.3) is 0 Å². The zero-order chi connectivity index (χ0) is 15.6. The van der Waals surface area contributed by atoms with E-state index in [0.29, 0.717) is 5.56 Å². The topological polar surface area (TPSA) is 78.4 Å². The van der Waals surface area contributed by atoms with Crippen molar-refractivity contribution >= 4 is 5.69 Å². The molecule has 2 rings (SSSR count). The highest BCUT2D eigenvalue weighted by atomic mass is 19.1. The van der Waals surface area contributed by atoms with Crippen LogP contribution in [0.15, 0.2) is 36.4 Å². The summed E-state index contributed by atoms with van der Waals surface area (Å²) in [4.78, 5) is 10.5. The lowest BCUT2D eigenvalue weighted by Gasteiger charge is -2.14. The van der Waals surface area contributed by atoms with Gasteiger partial charge >= 0.3 is 5.69 Å². The molecule has 0 saturated carbocycles. The molecule has 0 aliphatic rings. The SMILES string of the molecule is Cc1ccc([N+](=O)[O-])c(Oc2c(F)cccc2[C@H](C)N)c1. The molecule has 0 aromatic heterocycles. The predicted molar refractivity (Wildman–Crippen MR) is 76.9 cm³/mol. The molecule has 0 unspecified atom stereocenters. The Morgan fingerprint density at radius 1 is 1.33 bits per heavy atom. The quantitative estimate of drug-likeness (QED) is 0.685. The van der Waals surface area contributed by atoms with Crippen LogP contribution in [0.2, 0.25) is 0 Å². The van der Waals surface area contributed by atoms with Crippen molar-refractivity contribution in [1.82, 2.24) is 0 Å². The standard InChI is InChI=1S/C15H15FN2O3/c1-9-6-7-13(18(19)20)14(8-9)21-15-11(10(2)17)4-3-5-12(15)16/h3-8,10H,17H2,1-2H3/t10-/m0/s1. The molecule has 6 heteroatoms. The number of nitrogens with zero attached hydrogens (tertiary/aromatic N) is 1. The Hall–Kier alpha value is -2.47. The number of halogens is 1. The molecule has 0 radical (unpaired) electrons. The number of nitrogens with two attached hydrogens (primary N) is 1. The maximum absolute atomic E-state index is 14.0. The number of nitro benzene ring substituents is 1. The lowest BCUT2D eigenvalue weighted by Crippen LogP contribution is -2.08. The Morgan fingerprint density at radius 3 is 2.67 bits per heavy atom. The van der Waals surface area contributed by atoms with Gasteiger partial charge in [0, 0.05) is 17.7 Å². The maximum atomic E-state index is 14.0. The van der Waals surface area contributed by atoms with Crippen LogP contribution in [-0.4, -0.2) is 4.92 Å². The van der Waals surface area contributed by atoms with Gasteiger partial charge in [0.1, 0.15) is 0 Å². The lowest BCUT2D eigenvalue weighted by atomic mass is 10.1. The van der Waals surface area contributed by atoms with Crippen LogP contribution in [0.3, 0.4) is 0 Å². The Morgan fingerprint density at radius 2 is 2.05 bits per heavy atom. The second kappa shape index (κ2) is 5.88. The Kier molecular flexibility index (Phi) is 4.18. The van der Waals surface area contributed by atoms with Gasteiger partial charge in [0.05, 0.1) is 4.92 Å². The summed E-state index contributed by atoms with van der Waals surface area (Å²) < 4.78 is 19.5. The molecule has 2 N–H and O–H groups in total. The molecule has 0 spiro atoms. The molecule has 0 aliphatic heterocycles. The van der Waals surface area contributed by atoms with Gasteiger partial charge in [-0.15, -0.1) is 0 Å². The van der Waals surface area contributed by atoms with Gasteiger partial charge in [-0.3, -0.25) is 10.1 Å². The first-order valence-corrected chi connectivity index (χ1v) is 6.37. The summed E-state index contributed by atoms with van der Waals surface area (Å²) in [5.74, 6) is -0.700. The van der Waals surface area contributed by atoms with Crippen LogP contribution in [0, 0.1) is 22.9 Å². The van der Waals surface area contributed by atoms with E-state index in [1.807, 2.05) is 0 Å². The van der Waals surface area contributed by atoms with E-state index in [-0.39, 0.29) is 17.2 Å². The van der Waals surface area contributed by atoms with Crippen LogP contribution in [0.25, 0.3) is 0 Å². The van der Waals surface area contributed by atoms with E-state index in [1.54, 1.807) is 26.0 Å². The van der Waals surface area contributed by atoms with E-state index < -0.39 is 16.8 Å². The molecule has 0 bridgehead atoms. The van der Waals surface area contributed by atoms with E-state index in [4.69, 9.17) is 10.5 Å². The minimum absolute atomic E-state index is 0.00741. The van der Waals surface area contributed by atoms with Crippen molar-refractivity contribution in [3.63, 3.8) is 0 Å². The fourth-order valence-electron chi connectivity index (χ4n) is 1.96. The van der Waals surface area contributed by atoms with Crippen molar-refractivity contribution in [2.45, 2.75) is 19.9 Å². The minimum atomic E-state index is -0.611. The molecular weight excluding hydrogens is 275 g/mol. The summed E-state index contributed by atoms with van der Waals surface area (Å²) in [6, 6.07) is 8.34. The predicted octanol–water partition coefficient (Wildman–Crippen LogP) is 3.85. The minimum Gasteiger partial charge on any atom is -0.447 e. The van der Waals surface area contributed by atoms with Crippen LogP contribution in [-0.2, 0) is 0 Å². The Balaban J connectivity index is 2.53. The van der Waals surface area contributed by atoms with Crippen molar-refractivity contribution in [2.24, 2.45) is 5.73 Å². The van der Waals surface area contributed by atoms with Gasteiger partial charge in [-0.25, -0.2) is 4.39 Å². The van der Waals surface area contributed by atoms with Crippen LogP contribution in [0.5, 0.6) is 11.5 Å². The second-order valence-electron chi connectivity index (χ2n) is 4.78. The number of benzene rings is 2. The molecule has 2 aromatic rings. The first kappa shape index (κ1) is 14.9. The molecule has 21 heavy (non-hydrogen) atoms. The third kappa shape index (κ3) is 3.17. The van der Waals surface area contributed by atoms with Gasteiger partial charge in [0.15, 0.2) is 11.6 Å². The molecule has 1 atom stereocenters. The Labute approximate surface area is 121 Å². The molecule has 0 aliphatic carbocycles. The van der Waals surface area contributed by atoms with Gasteiger partial charge in [-0.2, -0.15) is 0 Å². The number of rotatable bonds is 4. The van der Waals surface area contributed by atoms with Crippen molar-refractivity contribution in [3.8, 4) is 11.5 Å². The van der Waals surface area contributed by atoms with Crippen LogP contribution >= 0.6 is 0 Å². The van der Waals surface area contributed by atoms with Crippen molar-refractivity contribution in [2.75, 3.05) is 0 Å². The van der Waals surface area contributed by atoms with Gasteiger partial charge in [-0.1, -0.05) is 18.2 Å². The fraction of sp³-hybridized carbons (Fsp3) is 0.200. The monoisotopic (exact) mass is 290 g/mol. The maximum Gasteiger partial charge on any atom is 0.311 e. The van der Waals surface area contributed by atoms with E-state index in [1.165, 1.54) is 24.3 Å². The van der Waals surface area contributed by atoms with E-state index in [0.717, 1.165) is 5.56 Å². The summed E-state index contributed by atoms with van der Waals surface area (Å²) >= 11 is 0. The smallest absolute Gasteiger partial charge is 0.311 e. The number of hydrogen-bond acceptors (Lipinski definition) is 4. The number of para-hydroxylation sites is 1. The summed E-state index contributed by atoms with van der Waals surface area (Å²) in [5.41, 5.74) is 6.78. The van der Waals surface area contributed by atoms with Crippen LogP contribution in [0.4, 0.5) is 10.1 Å². The van der Waals surface area contributed by atoms with Crippen LogP contribution in [0.1, 0.15) is 24.1 Å².